The summed E-state index contributed by atoms with van der Waals surface area (Å²) < 4.78 is 37.0. The van der Waals surface area contributed by atoms with Gasteiger partial charge in [-0.15, -0.1) is 0 Å². The molecule has 20 heavy (non-hydrogen) atoms. The van der Waals surface area contributed by atoms with Crippen molar-refractivity contribution >= 4 is 17.4 Å². The van der Waals surface area contributed by atoms with Gasteiger partial charge in [0, 0.05) is 27.6 Å². The van der Waals surface area contributed by atoms with Crippen molar-refractivity contribution in [2.45, 2.75) is 9.79 Å². The van der Waals surface area contributed by atoms with Gasteiger partial charge in [-0.2, -0.15) is 0 Å². The predicted octanol–water partition coefficient (Wildman–Crippen LogP) is 3.47. The van der Waals surface area contributed by atoms with Crippen LogP contribution in [0.4, 0.5) is 14.5 Å². The molecule has 2 N–H and O–H groups in total. The first-order chi connectivity index (χ1) is 9.63. The second-order valence-electron chi connectivity index (χ2n) is 4.21. The summed E-state index contributed by atoms with van der Waals surface area (Å²) in [5.41, 5.74) is 6.44. The fourth-order valence-electron chi connectivity index (χ4n) is 1.84. The lowest BCUT2D eigenvalue weighted by atomic mass is 10.2. The smallest absolute Gasteiger partial charge is 0.163 e. The Hall–Kier alpha value is -1.95. The molecule has 3 rings (SSSR count). The van der Waals surface area contributed by atoms with Crippen LogP contribution < -0.4 is 15.2 Å². The highest BCUT2D eigenvalue weighted by Gasteiger charge is 2.15. The third-order valence-electron chi connectivity index (χ3n) is 2.79. The van der Waals surface area contributed by atoms with Crippen LogP contribution in [0.2, 0.25) is 0 Å². The van der Waals surface area contributed by atoms with E-state index >= 15 is 0 Å². The first kappa shape index (κ1) is 13.1. The van der Waals surface area contributed by atoms with Crippen LogP contribution in [0.3, 0.4) is 0 Å². The first-order valence-corrected chi connectivity index (χ1v) is 6.77. The normalized spacial score (nSPS) is 13.3. The highest BCUT2D eigenvalue weighted by molar-refractivity contribution is 7.99. The largest absolute Gasteiger partial charge is 0.486 e. The number of halogens is 2. The fourth-order valence-corrected chi connectivity index (χ4v) is 2.74. The zero-order chi connectivity index (χ0) is 14.1. The number of benzene rings is 2. The molecule has 0 aromatic heterocycles. The molecule has 0 saturated carbocycles. The summed E-state index contributed by atoms with van der Waals surface area (Å²) in [6.45, 7) is 0.967. The van der Waals surface area contributed by atoms with Crippen LogP contribution in [0, 0.1) is 11.6 Å². The summed E-state index contributed by atoms with van der Waals surface area (Å²) in [7, 11) is 0. The number of anilines is 1. The average Bonchev–Trinajstić information content (AvgIpc) is 2.44. The van der Waals surface area contributed by atoms with Crippen molar-refractivity contribution in [3.63, 3.8) is 0 Å². The molecule has 0 bridgehead atoms. The Kier molecular flexibility index (Phi) is 3.40. The van der Waals surface area contributed by atoms with E-state index in [1.165, 1.54) is 17.8 Å². The van der Waals surface area contributed by atoms with Crippen molar-refractivity contribution in [2.24, 2.45) is 0 Å². The maximum atomic E-state index is 13.2. The van der Waals surface area contributed by atoms with Crippen LogP contribution in [0.15, 0.2) is 40.1 Å². The molecule has 0 amide bonds. The molecular formula is C14H11F2NO2S. The third-order valence-corrected chi connectivity index (χ3v) is 3.86. The lowest BCUT2D eigenvalue weighted by Gasteiger charge is -2.20. The quantitative estimate of drug-likeness (QED) is 0.862. The molecule has 0 unspecified atom stereocenters. The minimum absolute atomic E-state index is 0.478. The van der Waals surface area contributed by atoms with Crippen LogP contribution in [-0.2, 0) is 0 Å². The highest BCUT2D eigenvalue weighted by atomic mass is 32.2. The number of hydrogen-bond donors (Lipinski definition) is 1. The van der Waals surface area contributed by atoms with Crippen molar-refractivity contribution in [1.29, 1.82) is 0 Å². The lowest BCUT2D eigenvalue weighted by Crippen LogP contribution is -2.15. The van der Waals surface area contributed by atoms with Crippen LogP contribution in [0.1, 0.15) is 0 Å². The molecule has 0 radical (unpaired) electrons. The molecule has 6 heteroatoms. The second kappa shape index (κ2) is 5.20. The number of rotatable bonds is 2. The van der Waals surface area contributed by atoms with Gasteiger partial charge in [0.2, 0.25) is 0 Å². The topological polar surface area (TPSA) is 44.5 Å². The van der Waals surface area contributed by atoms with Crippen molar-refractivity contribution in [1.82, 2.24) is 0 Å². The van der Waals surface area contributed by atoms with E-state index in [-0.39, 0.29) is 0 Å². The van der Waals surface area contributed by atoms with E-state index in [1.54, 1.807) is 12.1 Å². The predicted molar refractivity (Wildman–Crippen MR) is 72.3 cm³/mol. The van der Waals surface area contributed by atoms with Gasteiger partial charge in [-0.3, -0.25) is 0 Å². The number of nitrogen functional groups attached to an aromatic ring is 1. The summed E-state index contributed by atoms with van der Waals surface area (Å²) in [6, 6.07) is 7.15. The Balaban J connectivity index is 1.92. The van der Waals surface area contributed by atoms with Gasteiger partial charge in [-0.25, -0.2) is 8.78 Å². The van der Waals surface area contributed by atoms with Gasteiger partial charge in [0.25, 0.3) is 0 Å². The van der Waals surface area contributed by atoms with Crippen LogP contribution >= 0.6 is 11.8 Å². The molecule has 1 aliphatic heterocycles. The second-order valence-corrected chi connectivity index (χ2v) is 5.33. The molecule has 0 saturated heterocycles. The minimum atomic E-state index is -0.883. The zero-order valence-electron chi connectivity index (χ0n) is 10.4. The summed E-state index contributed by atoms with van der Waals surface area (Å²) in [6.07, 6.45) is 0. The SMILES string of the molecule is Nc1cc2c(cc1Sc1ccc(F)c(F)c1)OCCO2. The van der Waals surface area contributed by atoms with Gasteiger partial charge in [-0.05, 0) is 18.2 Å². The van der Waals surface area contributed by atoms with E-state index in [9.17, 15) is 8.78 Å². The highest BCUT2D eigenvalue weighted by Crippen LogP contribution is 2.41. The molecular weight excluding hydrogens is 284 g/mol. The Morgan fingerprint density at radius 2 is 1.65 bits per heavy atom. The summed E-state index contributed by atoms with van der Waals surface area (Å²) in [4.78, 5) is 1.27. The molecule has 3 nitrogen and oxygen atoms in total. The van der Waals surface area contributed by atoms with Gasteiger partial charge in [-0.1, -0.05) is 11.8 Å². The Labute approximate surface area is 118 Å². The maximum Gasteiger partial charge on any atom is 0.163 e. The number of hydrogen-bond acceptors (Lipinski definition) is 4. The van der Waals surface area contributed by atoms with E-state index in [0.29, 0.717) is 40.2 Å². The molecule has 2 aromatic rings. The number of fused-ring (bicyclic) bond motifs is 1. The molecule has 104 valence electrons. The zero-order valence-corrected chi connectivity index (χ0v) is 11.2. The van der Waals surface area contributed by atoms with E-state index in [0.717, 1.165) is 12.1 Å². The molecule has 2 aromatic carbocycles. The summed E-state index contributed by atoms with van der Waals surface area (Å²) in [5, 5.41) is 0. The monoisotopic (exact) mass is 295 g/mol. The fraction of sp³-hybridized carbons (Fsp3) is 0.143. The molecule has 0 spiro atoms. The van der Waals surface area contributed by atoms with Gasteiger partial charge < -0.3 is 15.2 Å². The van der Waals surface area contributed by atoms with Crippen LogP contribution in [0.5, 0.6) is 11.5 Å². The number of ether oxygens (including phenoxy) is 2. The maximum absolute atomic E-state index is 13.2. The van der Waals surface area contributed by atoms with Gasteiger partial charge >= 0.3 is 0 Å². The van der Waals surface area contributed by atoms with E-state index in [4.69, 9.17) is 15.2 Å². The van der Waals surface area contributed by atoms with E-state index in [1.807, 2.05) is 0 Å². The summed E-state index contributed by atoms with van der Waals surface area (Å²) in [5.74, 6) is -0.547. The minimum Gasteiger partial charge on any atom is -0.486 e. The van der Waals surface area contributed by atoms with Crippen molar-refractivity contribution < 1.29 is 18.3 Å². The van der Waals surface area contributed by atoms with Crippen LogP contribution in [0.25, 0.3) is 0 Å². The number of nitrogens with two attached hydrogens (primary N) is 1. The van der Waals surface area contributed by atoms with Gasteiger partial charge in [0.15, 0.2) is 23.1 Å². The first-order valence-electron chi connectivity index (χ1n) is 5.95. The Morgan fingerprint density at radius 1 is 0.950 bits per heavy atom. The lowest BCUT2D eigenvalue weighted by molar-refractivity contribution is 0.171. The van der Waals surface area contributed by atoms with Crippen LogP contribution in [-0.4, -0.2) is 13.2 Å². The standard InChI is InChI=1S/C14H11F2NO2S/c15-9-2-1-8(5-10(9)16)20-14-7-13-12(6-11(14)17)18-3-4-19-13/h1-2,5-7H,3-4,17H2. The summed E-state index contributed by atoms with van der Waals surface area (Å²) >= 11 is 1.24. The van der Waals surface area contributed by atoms with Crippen molar-refractivity contribution in [2.75, 3.05) is 18.9 Å². The van der Waals surface area contributed by atoms with Gasteiger partial charge in [0.05, 0.1) is 0 Å². The average molecular weight is 295 g/mol. The van der Waals surface area contributed by atoms with E-state index in [2.05, 4.69) is 0 Å². The Bertz CT molecular complexity index is 664. The van der Waals surface area contributed by atoms with Crippen molar-refractivity contribution in [3.8, 4) is 11.5 Å². The molecule has 0 aliphatic carbocycles. The molecule has 0 fully saturated rings. The molecule has 1 aliphatic rings. The van der Waals surface area contributed by atoms with Crippen molar-refractivity contribution in [3.05, 3.63) is 42.0 Å². The van der Waals surface area contributed by atoms with Gasteiger partial charge in [0.1, 0.15) is 13.2 Å². The van der Waals surface area contributed by atoms with E-state index < -0.39 is 11.6 Å². The Morgan fingerprint density at radius 3 is 2.35 bits per heavy atom. The molecule has 0 atom stereocenters. The molecule has 1 heterocycles. The third kappa shape index (κ3) is 2.51.